The molecule has 1 aromatic rings. The number of hydrogen-bond donors (Lipinski definition) is 1. The molecule has 6 heteroatoms. The van der Waals surface area contributed by atoms with Crippen molar-refractivity contribution in [3.05, 3.63) is 17.5 Å². The van der Waals surface area contributed by atoms with Crippen LogP contribution in [0.1, 0.15) is 0 Å². The van der Waals surface area contributed by atoms with Crippen molar-refractivity contribution < 1.29 is 4.79 Å². The molecule has 1 amide bonds. The number of amides is 1. The molecule has 1 aromatic heterocycles. The second-order valence-electron chi connectivity index (χ2n) is 2.68. The molecule has 0 saturated carbocycles. The average molecular weight is 215 g/mol. The number of rotatable bonds is 5. The quantitative estimate of drug-likeness (QED) is 0.436. The van der Waals surface area contributed by atoms with Crippen molar-refractivity contribution in [2.24, 2.45) is 0 Å². The van der Waals surface area contributed by atoms with Gasteiger partial charge in [0.25, 0.3) is 0 Å². The normalized spacial score (nSPS) is 9.57. The Labute approximate surface area is 87.1 Å². The van der Waals surface area contributed by atoms with Crippen molar-refractivity contribution in [1.82, 2.24) is 15.3 Å². The minimum absolute atomic E-state index is 0.220. The molecule has 0 radical (unpaired) electrons. The van der Waals surface area contributed by atoms with Crippen LogP contribution in [-0.2, 0) is 4.79 Å². The molecule has 1 heterocycles. The van der Waals surface area contributed by atoms with Crippen molar-refractivity contribution in [2.75, 3.05) is 25.0 Å². The summed E-state index contributed by atoms with van der Waals surface area (Å²) in [5, 5.41) is 2.79. The molecule has 0 aliphatic carbocycles. The van der Waals surface area contributed by atoms with E-state index in [2.05, 4.69) is 15.3 Å². The number of likely N-dealkylation sites (N-methyl/N-ethyl adjacent to an activating group) is 1. The average Bonchev–Trinajstić information content (AvgIpc) is 2.18. The lowest BCUT2D eigenvalue weighted by atomic mass is 10.5. The lowest BCUT2D eigenvalue weighted by Crippen LogP contribution is -2.28. The highest BCUT2D eigenvalue weighted by molar-refractivity contribution is 6.28. The van der Waals surface area contributed by atoms with Gasteiger partial charge in [0.05, 0.1) is 0 Å². The Hall–Kier alpha value is -1.36. The fourth-order valence-electron chi connectivity index (χ4n) is 0.944. The predicted molar refractivity (Wildman–Crippen MR) is 54.4 cm³/mol. The number of anilines is 1. The Balaban J connectivity index is 2.51. The van der Waals surface area contributed by atoms with Crippen LogP contribution >= 0.6 is 11.6 Å². The molecular weight excluding hydrogens is 204 g/mol. The van der Waals surface area contributed by atoms with Crippen LogP contribution in [0.2, 0.25) is 5.28 Å². The summed E-state index contributed by atoms with van der Waals surface area (Å²) in [5.74, 6) is 0.734. The molecule has 5 nitrogen and oxygen atoms in total. The van der Waals surface area contributed by atoms with E-state index in [1.165, 1.54) is 0 Å². The number of nitrogens with zero attached hydrogens (tertiary/aromatic N) is 3. The summed E-state index contributed by atoms with van der Waals surface area (Å²) >= 11 is 5.63. The second-order valence-corrected chi connectivity index (χ2v) is 3.02. The second kappa shape index (κ2) is 5.39. The Morgan fingerprint density at radius 2 is 2.50 bits per heavy atom. The molecule has 0 atom stereocenters. The van der Waals surface area contributed by atoms with Crippen LogP contribution in [-0.4, -0.2) is 36.5 Å². The lowest BCUT2D eigenvalue weighted by Gasteiger charge is -2.17. The van der Waals surface area contributed by atoms with Gasteiger partial charge in [-0.3, -0.25) is 4.79 Å². The maximum atomic E-state index is 10.0. The van der Waals surface area contributed by atoms with Gasteiger partial charge in [0, 0.05) is 26.3 Å². The smallest absolute Gasteiger partial charge is 0.224 e. The van der Waals surface area contributed by atoms with E-state index in [1.54, 1.807) is 12.3 Å². The van der Waals surface area contributed by atoms with E-state index in [9.17, 15) is 4.79 Å². The zero-order chi connectivity index (χ0) is 10.4. The zero-order valence-corrected chi connectivity index (χ0v) is 8.53. The Morgan fingerprint density at radius 3 is 3.14 bits per heavy atom. The predicted octanol–water partition coefficient (Wildman–Crippen LogP) is 0.312. The number of nitrogens with one attached hydrogen (secondary N) is 1. The lowest BCUT2D eigenvalue weighted by molar-refractivity contribution is -0.109. The van der Waals surface area contributed by atoms with Gasteiger partial charge < -0.3 is 10.2 Å². The van der Waals surface area contributed by atoms with Crippen LogP contribution in [0.3, 0.4) is 0 Å². The van der Waals surface area contributed by atoms with Crippen LogP contribution < -0.4 is 10.2 Å². The maximum Gasteiger partial charge on any atom is 0.224 e. The first kappa shape index (κ1) is 10.7. The molecule has 0 spiro atoms. The largest absolute Gasteiger partial charge is 0.358 e. The van der Waals surface area contributed by atoms with E-state index >= 15 is 0 Å². The van der Waals surface area contributed by atoms with E-state index in [0.717, 1.165) is 5.82 Å². The maximum absolute atomic E-state index is 10.0. The molecule has 14 heavy (non-hydrogen) atoms. The van der Waals surface area contributed by atoms with Gasteiger partial charge in [-0.2, -0.15) is 0 Å². The minimum atomic E-state index is 0.220. The summed E-state index contributed by atoms with van der Waals surface area (Å²) in [6.07, 6.45) is 2.26. The Kier molecular flexibility index (Phi) is 4.12. The molecular formula is C8H11ClN4O. The summed E-state index contributed by atoms with van der Waals surface area (Å²) in [7, 11) is 1.87. The van der Waals surface area contributed by atoms with E-state index in [-0.39, 0.29) is 5.28 Å². The third kappa shape index (κ3) is 3.18. The van der Waals surface area contributed by atoms with Crippen molar-refractivity contribution in [3.8, 4) is 0 Å². The first-order valence-electron chi connectivity index (χ1n) is 4.10. The first-order chi connectivity index (χ1) is 6.74. The monoisotopic (exact) mass is 214 g/mol. The SMILES string of the molecule is CN(CCNC=O)c1ccnc(Cl)n1. The fourth-order valence-corrected chi connectivity index (χ4v) is 1.09. The third-order valence-corrected chi connectivity index (χ3v) is 1.86. The summed E-state index contributed by atoms with van der Waals surface area (Å²) in [6.45, 7) is 1.24. The fraction of sp³-hybridized carbons (Fsp3) is 0.375. The third-order valence-electron chi connectivity index (χ3n) is 1.68. The molecule has 0 saturated heterocycles. The standard InChI is InChI=1S/C8H11ClN4O/c1-13(5-4-10-6-14)7-2-3-11-8(9)12-7/h2-3,6H,4-5H2,1H3,(H,10,14). The summed E-state index contributed by atoms with van der Waals surface area (Å²) in [4.78, 5) is 19.7. The van der Waals surface area contributed by atoms with Crippen molar-refractivity contribution in [3.63, 3.8) is 0 Å². The Bertz CT molecular complexity index is 307. The van der Waals surface area contributed by atoms with Gasteiger partial charge in [-0.1, -0.05) is 0 Å². The molecule has 0 aliphatic rings. The zero-order valence-electron chi connectivity index (χ0n) is 7.77. The number of hydrogen-bond acceptors (Lipinski definition) is 4. The Morgan fingerprint density at radius 1 is 1.71 bits per heavy atom. The van der Waals surface area contributed by atoms with Crippen LogP contribution in [0, 0.1) is 0 Å². The van der Waals surface area contributed by atoms with Gasteiger partial charge in [-0.15, -0.1) is 0 Å². The molecule has 0 fully saturated rings. The van der Waals surface area contributed by atoms with Crippen molar-refractivity contribution in [1.29, 1.82) is 0 Å². The van der Waals surface area contributed by atoms with Gasteiger partial charge in [0.2, 0.25) is 11.7 Å². The summed E-state index contributed by atoms with van der Waals surface area (Å²) in [6, 6.07) is 1.76. The highest BCUT2D eigenvalue weighted by Gasteiger charge is 2.02. The van der Waals surface area contributed by atoms with Crippen molar-refractivity contribution >= 4 is 23.8 Å². The molecule has 76 valence electrons. The van der Waals surface area contributed by atoms with Gasteiger partial charge in [-0.05, 0) is 17.7 Å². The van der Waals surface area contributed by atoms with E-state index < -0.39 is 0 Å². The van der Waals surface area contributed by atoms with Crippen LogP contribution in [0.4, 0.5) is 5.82 Å². The van der Waals surface area contributed by atoms with E-state index in [4.69, 9.17) is 11.6 Å². The molecule has 0 bridgehead atoms. The molecule has 0 aromatic carbocycles. The number of carbonyl (C=O) groups excluding carboxylic acids is 1. The van der Waals surface area contributed by atoms with Gasteiger partial charge in [0.15, 0.2) is 0 Å². The number of halogens is 1. The minimum Gasteiger partial charge on any atom is -0.358 e. The van der Waals surface area contributed by atoms with Gasteiger partial charge in [0.1, 0.15) is 5.82 Å². The van der Waals surface area contributed by atoms with E-state index in [1.807, 2.05) is 11.9 Å². The molecule has 0 unspecified atom stereocenters. The number of aromatic nitrogens is 2. The van der Waals surface area contributed by atoms with Crippen LogP contribution in [0.5, 0.6) is 0 Å². The highest BCUT2D eigenvalue weighted by Crippen LogP contribution is 2.09. The topological polar surface area (TPSA) is 58.1 Å². The molecule has 1 rings (SSSR count). The van der Waals surface area contributed by atoms with Crippen LogP contribution in [0.25, 0.3) is 0 Å². The van der Waals surface area contributed by atoms with Crippen LogP contribution in [0.15, 0.2) is 12.3 Å². The molecule has 0 aliphatic heterocycles. The van der Waals surface area contributed by atoms with Gasteiger partial charge in [-0.25, -0.2) is 9.97 Å². The number of carbonyl (C=O) groups is 1. The molecule has 1 N–H and O–H groups in total. The first-order valence-corrected chi connectivity index (χ1v) is 4.48. The van der Waals surface area contributed by atoms with Gasteiger partial charge >= 0.3 is 0 Å². The van der Waals surface area contributed by atoms with E-state index in [0.29, 0.717) is 19.5 Å². The summed E-state index contributed by atoms with van der Waals surface area (Å²) in [5.41, 5.74) is 0. The van der Waals surface area contributed by atoms with Crippen molar-refractivity contribution in [2.45, 2.75) is 0 Å². The summed E-state index contributed by atoms with van der Waals surface area (Å²) < 4.78 is 0. The highest BCUT2D eigenvalue weighted by atomic mass is 35.5.